The Kier molecular flexibility index (Phi) is 4.41. The fourth-order valence-electron chi connectivity index (χ4n) is 2.86. The molecule has 1 aliphatic rings. The lowest BCUT2D eigenvalue weighted by molar-refractivity contribution is -0.114. The number of nitrogens with two attached hydrogens (primary N) is 1. The van der Waals surface area contributed by atoms with Crippen LogP contribution in [0.3, 0.4) is 0 Å². The molecule has 128 valence electrons. The van der Waals surface area contributed by atoms with E-state index in [1.54, 1.807) is 19.2 Å². The normalized spacial score (nSPS) is 16.0. The topological polar surface area (TPSA) is 126 Å². The summed E-state index contributed by atoms with van der Waals surface area (Å²) in [7, 11) is 1.57. The van der Waals surface area contributed by atoms with E-state index in [1.807, 2.05) is 12.1 Å². The molecule has 1 aliphatic heterocycles. The third-order valence-electron chi connectivity index (χ3n) is 3.87. The number of aromatic amines is 1. The highest BCUT2D eigenvalue weighted by Crippen LogP contribution is 2.43. The lowest BCUT2D eigenvalue weighted by Crippen LogP contribution is -2.21. The minimum absolute atomic E-state index is 0.0291. The number of aromatic nitrogens is 2. The van der Waals surface area contributed by atoms with Crippen molar-refractivity contribution in [1.29, 1.82) is 5.26 Å². The number of benzene rings is 1. The molecule has 2 aromatic rings. The first-order valence-electron chi connectivity index (χ1n) is 7.56. The van der Waals surface area contributed by atoms with E-state index in [2.05, 4.69) is 21.6 Å². The van der Waals surface area contributed by atoms with Crippen LogP contribution in [-0.4, -0.2) is 23.2 Å². The molecule has 4 N–H and O–H groups in total. The van der Waals surface area contributed by atoms with Gasteiger partial charge in [-0.25, -0.2) is 0 Å². The lowest BCUT2D eigenvalue weighted by atomic mass is 9.84. The molecular weight excluding hydrogens is 322 g/mol. The number of amides is 1. The predicted octanol–water partition coefficient (Wildman–Crippen LogP) is 1.73. The number of nitriles is 1. The lowest BCUT2D eigenvalue weighted by Gasteiger charge is -2.24. The molecule has 1 amide bonds. The maximum absolute atomic E-state index is 11.2. The van der Waals surface area contributed by atoms with Gasteiger partial charge in [-0.3, -0.25) is 9.89 Å². The minimum atomic E-state index is -0.427. The van der Waals surface area contributed by atoms with Gasteiger partial charge < -0.3 is 20.5 Å². The highest BCUT2D eigenvalue weighted by molar-refractivity contribution is 5.88. The number of nitrogens with one attached hydrogen (secondary N) is 2. The Labute approximate surface area is 144 Å². The van der Waals surface area contributed by atoms with Crippen molar-refractivity contribution < 1.29 is 14.3 Å². The quantitative estimate of drug-likeness (QED) is 0.779. The zero-order valence-electron chi connectivity index (χ0n) is 13.8. The summed E-state index contributed by atoms with van der Waals surface area (Å²) in [6.07, 6.45) is 0. The van der Waals surface area contributed by atoms with Crippen LogP contribution in [0.4, 0.5) is 5.69 Å². The van der Waals surface area contributed by atoms with Crippen molar-refractivity contribution in [3.8, 4) is 11.9 Å². The highest BCUT2D eigenvalue weighted by Gasteiger charge is 2.35. The number of carbonyl (C=O) groups excluding carboxylic acids is 1. The molecule has 0 radical (unpaired) electrons. The largest absolute Gasteiger partial charge is 0.420 e. The number of carbonyl (C=O) groups is 1. The van der Waals surface area contributed by atoms with Crippen LogP contribution in [-0.2, 0) is 16.1 Å². The summed E-state index contributed by atoms with van der Waals surface area (Å²) in [6, 6.07) is 9.33. The number of H-pyrrole nitrogens is 1. The van der Waals surface area contributed by atoms with E-state index in [0.29, 0.717) is 29.4 Å². The summed E-state index contributed by atoms with van der Waals surface area (Å²) in [5.74, 6) is -0.218. The summed E-state index contributed by atoms with van der Waals surface area (Å²) in [6.45, 7) is 1.74. The summed E-state index contributed by atoms with van der Waals surface area (Å²) in [4.78, 5) is 11.2. The average molecular weight is 339 g/mol. The zero-order valence-corrected chi connectivity index (χ0v) is 13.8. The van der Waals surface area contributed by atoms with Gasteiger partial charge in [-0.1, -0.05) is 12.1 Å². The van der Waals surface area contributed by atoms with E-state index in [0.717, 1.165) is 11.1 Å². The first-order valence-corrected chi connectivity index (χ1v) is 7.56. The van der Waals surface area contributed by atoms with Crippen LogP contribution in [0.1, 0.15) is 29.7 Å². The second-order valence-electron chi connectivity index (χ2n) is 5.58. The number of hydrogen-bond donors (Lipinski definition) is 3. The van der Waals surface area contributed by atoms with Gasteiger partial charge in [0.1, 0.15) is 11.6 Å². The van der Waals surface area contributed by atoms with Crippen LogP contribution in [0.25, 0.3) is 0 Å². The number of rotatable bonds is 4. The van der Waals surface area contributed by atoms with Crippen molar-refractivity contribution in [2.75, 3.05) is 12.4 Å². The molecule has 0 bridgehead atoms. The number of fused-ring (bicyclic) bond motifs is 1. The molecule has 0 fully saturated rings. The van der Waals surface area contributed by atoms with Crippen molar-refractivity contribution in [2.24, 2.45) is 5.73 Å². The molecule has 8 heteroatoms. The fraction of sp³-hybridized carbons (Fsp3) is 0.235. The van der Waals surface area contributed by atoms with E-state index >= 15 is 0 Å². The van der Waals surface area contributed by atoms with Crippen molar-refractivity contribution in [1.82, 2.24) is 10.2 Å². The van der Waals surface area contributed by atoms with Gasteiger partial charge >= 0.3 is 0 Å². The number of ether oxygens (including phenoxy) is 2. The number of hydrogen-bond acceptors (Lipinski definition) is 6. The Morgan fingerprint density at radius 3 is 2.80 bits per heavy atom. The van der Waals surface area contributed by atoms with Gasteiger partial charge in [-0.2, -0.15) is 5.26 Å². The molecule has 0 spiro atoms. The summed E-state index contributed by atoms with van der Waals surface area (Å²) < 4.78 is 10.7. The third-order valence-corrected chi connectivity index (χ3v) is 3.87. The van der Waals surface area contributed by atoms with Crippen LogP contribution in [0.2, 0.25) is 0 Å². The van der Waals surface area contributed by atoms with E-state index in [-0.39, 0.29) is 11.8 Å². The molecule has 1 unspecified atom stereocenters. The van der Waals surface area contributed by atoms with Gasteiger partial charge in [-0.05, 0) is 17.7 Å². The summed E-state index contributed by atoms with van der Waals surface area (Å²) in [5, 5.41) is 19.3. The maximum Gasteiger partial charge on any atom is 0.244 e. The van der Waals surface area contributed by atoms with Gasteiger partial charge in [0.05, 0.1) is 23.8 Å². The van der Waals surface area contributed by atoms with Crippen molar-refractivity contribution in [3.05, 3.63) is 52.5 Å². The molecule has 1 aromatic heterocycles. The third kappa shape index (κ3) is 3.05. The standard InChI is InChI=1S/C17H17N5O3/c1-9(23)20-11-5-3-10(4-6-11)14-12(7-18)16(19)25-17-15(14)13(8-24-2)21-22-17/h3-6,14H,8,19H2,1-2H3,(H,20,23)(H,21,22). The Morgan fingerprint density at radius 2 is 2.20 bits per heavy atom. The SMILES string of the molecule is COCc1[nH]nc2c1C(c1ccc(NC(C)=O)cc1)C(C#N)=C(N)O2. The van der Waals surface area contributed by atoms with Gasteiger partial charge in [0.15, 0.2) is 0 Å². The molecule has 0 aliphatic carbocycles. The Balaban J connectivity index is 2.08. The number of nitrogens with zero attached hydrogens (tertiary/aromatic N) is 2. The van der Waals surface area contributed by atoms with Crippen LogP contribution in [0.15, 0.2) is 35.7 Å². The summed E-state index contributed by atoms with van der Waals surface area (Å²) in [5.41, 5.74) is 9.15. The Morgan fingerprint density at radius 1 is 1.48 bits per heavy atom. The first kappa shape index (κ1) is 16.5. The second-order valence-corrected chi connectivity index (χ2v) is 5.58. The highest BCUT2D eigenvalue weighted by atomic mass is 16.5. The molecule has 0 saturated carbocycles. The van der Waals surface area contributed by atoms with Crippen molar-refractivity contribution in [3.63, 3.8) is 0 Å². The number of allylic oxidation sites excluding steroid dienone is 1. The molecule has 0 saturated heterocycles. The van der Waals surface area contributed by atoms with E-state index in [9.17, 15) is 10.1 Å². The molecular formula is C17H17N5O3. The molecule has 1 aromatic carbocycles. The number of anilines is 1. The molecule has 8 nitrogen and oxygen atoms in total. The first-order chi connectivity index (χ1) is 12.0. The van der Waals surface area contributed by atoms with Crippen LogP contribution < -0.4 is 15.8 Å². The van der Waals surface area contributed by atoms with E-state index in [4.69, 9.17) is 15.2 Å². The zero-order chi connectivity index (χ0) is 18.0. The van der Waals surface area contributed by atoms with E-state index in [1.165, 1.54) is 6.92 Å². The molecule has 25 heavy (non-hydrogen) atoms. The maximum atomic E-state index is 11.2. The van der Waals surface area contributed by atoms with Crippen molar-refractivity contribution in [2.45, 2.75) is 19.4 Å². The van der Waals surface area contributed by atoms with Gasteiger partial charge in [0.2, 0.25) is 17.7 Å². The number of methoxy groups -OCH3 is 1. The van der Waals surface area contributed by atoms with Gasteiger partial charge in [0.25, 0.3) is 0 Å². The molecule has 3 rings (SSSR count). The predicted molar refractivity (Wildman–Crippen MR) is 89.3 cm³/mol. The Hall–Kier alpha value is -3.31. The summed E-state index contributed by atoms with van der Waals surface area (Å²) >= 11 is 0. The second kappa shape index (κ2) is 6.67. The Bertz CT molecular complexity index is 877. The molecule has 1 atom stereocenters. The average Bonchev–Trinajstić information content (AvgIpc) is 2.96. The van der Waals surface area contributed by atoms with Gasteiger partial charge in [-0.15, -0.1) is 5.10 Å². The molecule has 2 heterocycles. The smallest absolute Gasteiger partial charge is 0.244 e. The monoisotopic (exact) mass is 339 g/mol. The van der Waals surface area contributed by atoms with Crippen LogP contribution in [0, 0.1) is 11.3 Å². The van der Waals surface area contributed by atoms with Crippen LogP contribution in [0.5, 0.6) is 5.88 Å². The minimum Gasteiger partial charge on any atom is -0.420 e. The fourth-order valence-corrected chi connectivity index (χ4v) is 2.86. The van der Waals surface area contributed by atoms with E-state index < -0.39 is 5.92 Å². The van der Waals surface area contributed by atoms with Crippen LogP contribution >= 0.6 is 0 Å². The van der Waals surface area contributed by atoms with Crippen molar-refractivity contribution >= 4 is 11.6 Å². The van der Waals surface area contributed by atoms with Gasteiger partial charge in [0, 0.05) is 19.7 Å².